The van der Waals surface area contributed by atoms with Crippen molar-refractivity contribution in [2.45, 2.75) is 83.0 Å². The predicted octanol–water partition coefficient (Wildman–Crippen LogP) is 4.58. The summed E-state index contributed by atoms with van der Waals surface area (Å²) in [6.45, 7) is 5.13. The van der Waals surface area contributed by atoms with E-state index >= 15 is 0 Å². The Hall–Kier alpha value is -2.22. The van der Waals surface area contributed by atoms with Crippen molar-refractivity contribution in [1.82, 2.24) is 15.1 Å². The second kappa shape index (κ2) is 12.1. The molecule has 3 unspecified atom stereocenters. The maximum atomic E-state index is 13.7. The first-order valence-electron chi connectivity index (χ1n) is 14.2. The third-order valence-electron chi connectivity index (χ3n) is 8.76. The number of thiophene rings is 1. The lowest BCUT2D eigenvalue weighted by Crippen LogP contribution is -2.57. The Kier molecular flexibility index (Phi) is 8.63. The molecule has 2 heterocycles. The molecule has 1 aromatic carbocycles. The first-order valence-corrected chi connectivity index (χ1v) is 15.0. The molecule has 4 atom stereocenters. The molecular weight excluding hydrogens is 480 g/mol. The Morgan fingerprint density at radius 3 is 2.57 bits per heavy atom. The minimum absolute atomic E-state index is 0.00802. The molecule has 0 radical (unpaired) electrons. The fourth-order valence-electron chi connectivity index (χ4n) is 6.39. The van der Waals surface area contributed by atoms with E-state index in [0.29, 0.717) is 48.3 Å². The molecule has 2 aromatic rings. The normalized spacial score (nSPS) is 26.3. The standard InChI is InChI=1S/C30H42N4O2S/c1-21-6-2-3-9-24(21)20-34(25-11-12-25)26-13-14-33(30(36)28-10-5-15-37-28)27(17-26)29(35)32-19-23-8-4-7-22(16-23)18-31/h2-3,5-6,9-10,15,22-23,25-27H,4,7-8,11-14,16-20,31H2,1H3,(H,32,35)/t22?,23?,26?,27-/m1/s1. The van der Waals surface area contributed by atoms with Gasteiger partial charge in [0.1, 0.15) is 6.04 Å². The van der Waals surface area contributed by atoms with Crippen LogP contribution in [0.3, 0.4) is 0 Å². The van der Waals surface area contributed by atoms with E-state index in [1.165, 1.54) is 48.1 Å². The molecule has 1 aliphatic heterocycles. The summed E-state index contributed by atoms with van der Waals surface area (Å²) in [4.78, 5) is 32.3. The monoisotopic (exact) mass is 522 g/mol. The second-order valence-electron chi connectivity index (χ2n) is 11.4. The Bertz CT molecular complexity index is 1050. The van der Waals surface area contributed by atoms with Crippen molar-refractivity contribution in [2.75, 3.05) is 19.6 Å². The molecule has 2 amide bonds. The molecule has 1 saturated heterocycles. The summed E-state index contributed by atoms with van der Waals surface area (Å²) in [6.07, 6.45) is 8.67. The van der Waals surface area contributed by atoms with E-state index < -0.39 is 6.04 Å². The molecule has 0 bridgehead atoms. The summed E-state index contributed by atoms with van der Waals surface area (Å²) in [5, 5.41) is 5.20. The van der Waals surface area contributed by atoms with Gasteiger partial charge in [0.2, 0.25) is 5.91 Å². The summed E-state index contributed by atoms with van der Waals surface area (Å²) in [6, 6.07) is 12.9. The first-order chi connectivity index (χ1) is 18.0. The summed E-state index contributed by atoms with van der Waals surface area (Å²) in [5.74, 6) is 1.05. The average Bonchev–Trinajstić information content (AvgIpc) is 3.62. The largest absolute Gasteiger partial charge is 0.354 e. The van der Waals surface area contributed by atoms with Crippen LogP contribution in [-0.4, -0.2) is 59.4 Å². The highest BCUT2D eigenvalue weighted by molar-refractivity contribution is 7.12. The van der Waals surface area contributed by atoms with Crippen LogP contribution in [0.2, 0.25) is 0 Å². The van der Waals surface area contributed by atoms with Crippen LogP contribution < -0.4 is 11.1 Å². The molecule has 6 nitrogen and oxygen atoms in total. The Morgan fingerprint density at radius 2 is 1.84 bits per heavy atom. The topological polar surface area (TPSA) is 78.7 Å². The van der Waals surface area contributed by atoms with Gasteiger partial charge in [-0.3, -0.25) is 14.5 Å². The molecule has 2 saturated carbocycles. The summed E-state index contributed by atoms with van der Waals surface area (Å²) in [5.41, 5.74) is 8.61. The van der Waals surface area contributed by atoms with Gasteiger partial charge in [-0.05, 0) is 92.8 Å². The van der Waals surface area contributed by atoms with Crippen molar-refractivity contribution >= 4 is 23.2 Å². The Morgan fingerprint density at radius 1 is 1.03 bits per heavy atom. The van der Waals surface area contributed by atoms with Gasteiger partial charge in [-0.25, -0.2) is 0 Å². The number of likely N-dealkylation sites (tertiary alicyclic amines) is 1. The number of piperidine rings is 1. The van der Waals surface area contributed by atoms with Crippen LogP contribution in [0, 0.1) is 18.8 Å². The molecular formula is C30H42N4O2S. The van der Waals surface area contributed by atoms with E-state index in [1.807, 2.05) is 22.4 Å². The van der Waals surface area contributed by atoms with Gasteiger partial charge in [-0.15, -0.1) is 11.3 Å². The number of nitrogens with one attached hydrogen (secondary N) is 1. The highest BCUT2D eigenvalue weighted by Crippen LogP contribution is 2.36. The van der Waals surface area contributed by atoms with Crippen molar-refractivity contribution < 1.29 is 9.59 Å². The summed E-state index contributed by atoms with van der Waals surface area (Å²) in [7, 11) is 0. The molecule has 37 heavy (non-hydrogen) atoms. The molecule has 0 spiro atoms. The average molecular weight is 523 g/mol. The van der Waals surface area contributed by atoms with E-state index in [0.717, 1.165) is 32.4 Å². The van der Waals surface area contributed by atoms with Gasteiger partial charge >= 0.3 is 0 Å². The number of nitrogens with two attached hydrogens (primary N) is 1. The van der Waals surface area contributed by atoms with Gasteiger partial charge in [-0.2, -0.15) is 0 Å². The maximum Gasteiger partial charge on any atom is 0.264 e. The van der Waals surface area contributed by atoms with E-state index in [4.69, 9.17) is 5.73 Å². The number of aryl methyl sites for hydroxylation is 1. The van der Waals surface area contributed by atoms with Crippen LogP contribution in [0.4, 0.5) is 0 Å². The number of amides is 2. The van der Waals surface area contributed by atoms with E-state index in [2.05, 4.69) is 41.4 Å². The molecule has 3 N–H and O–H groups in total. The van der Waals surface area contributed by atoms with E-state index in [1.54, 1.807) is 0 Å². The SMILES string of the molecule is Cc1ccccc1CN(C1CC1)C1CCN(C(=O)c2cccs2)[C@@H](C(=O)NCC2CCCC(CN)C2)C1. The van der Waals surface area contributed by atoms with Crippen LogP contribution in [0.15, 0.2) is 41.8 Å². The quantitative estimate of drug-likeness (QED) is 0.506. The lowest BCUT2D eigenvalue weighted by molar-refractivity contribution is -0.128. The van der Waals surface area contributed by atoms with Gasteiger partial charge in [0, 0.05) is 31.7 Å². The maximum absolute atomic E-state index is 13.7. The lowest BCUT2D eigenvalue weighted by atomic mass is 9.81. The fraction of sp³-hybridized carbons (Fsp3) is 0.600. The van der Waals surface area contributed by atoms with Crippen molar-refractivity contribution in [3.63, 3.8) is 0 Å². The number of hydrogen-bond acceptors (Lipinski definition) is 5. The number of hydrogen-bond donors (Lipinski definition) is 2. The van der Waals surface area contributed by atoms with E-state index in [9.17, 15) is 9.59 Å². The van der Waals surface area contributed by atoms with Crippen LogP contribution >= 0.6 is 11.3 Å². The van der Waals surface area contributed by atoms with Gasteiger partial charge in [-0.1, -0.05) is 36.8 Å². The van der Waals surface area contributed by atoms with Crippen LogP contribution in [-0.2, 0) is 11.3 Å². The molecule has 5 rings (SSSR count). The van der Waals surface area contributed by atoms with Gasteiger partial charge in [0.15, 0.2) is 0 Å². The van der Waals surface area contributed by atoms with Crippen molar-refractivity contribution in [3.8, 4) is 0 Å². The highest BCUT2D eigenvalue weighted by Gasteiger charge is 2.42. The number of carbonyl (C=O) groups is 2. The zero-order valence-corrected chi connectivity index (χ0v) is 22.9. The first kappa shape index (κ1) is 26.4. The molecule has 200 valence electrons. The van der Waals surface area contributed by atoms with Crippen LogP contribution in [0.1, 0.15) is 72.2 Å². The Balaban J connectivity index is 1.30. The number of rotatable bonds is 9. The third-order valence-corrected chi connectivity index (χ3v) is 9.62. The molecule has 7 heteroatoms. The van der Waals surface area contributed by atoms with Crippen molar-refractivity contribution in [3.05, 3.63) is 57.8 Å². The summed E-state index contributed by atoms with van der Waals surface area (Å²) < 4.78 is 0. The summed E-state index contributed by atoms with van der Waals surface area (Å²) >= 11 is 1.46. The fourth-order valence-corrected chi connectivity index (χ4v) is 7.07. The zero-order chi connectivity index (χ0) is 25.8. The number of nitrogens with zero attached hydrogens (tertiary/aromatic N) is 2. The Labute approximate surface area is 225 Å². The highest BCUT2D eigenvalue weighted by atomic mass is 32.1. The molecule has 1 aromatic heterocycles. The number of carbonyl (C=O) groups excluding carboxylic acids is 2. The smallest absolute Gasteiger partial charge is 0.264 e. The van der Waals surface area contributed by atoms with Gasteiger partial charge in [0.05, 0.1) is 4.88 Å². The lowest BCUT2D eigenvalue weighted by Gasteiger charge is -2.43. The van der Waals surface area contributed by atoms with Gasteiger partial charge < -0.3 is 16.0 Å². The minimum atomic E-state index is -0.430. The predicted molar refractivity (Wildman–Crippen MR) is 149 cm³/mol. The van der Waals surface area contributed by atoms with Gasteiger partial charge in [0.25, 0.3) is 5.91 Å². The van der Waals surface area contributed by atoms with Crippen molar-refractivity contribution in [2.24, 2.45) is 17.6 Å². The number of benzene rings is 1. The minimum Gasteiger partial charge on any atom is -0.354 e. The van der Waals surface area contributed by atoms with Crippen LogP contribution in [0.25, 0.3) is 0 Å². The second-order valence-corrected chi connectivity index (χ2v) is 12.3. The van der Waals surface area contributed by atoms with Crippen molar-refractivity contribution in [1.29, 1.82) is 0 Å². The third kappa shape index (κ3) is 6.44. The molecule has 3 aliphatic rings. The molecule has 3 fully saturated rings. The molecule has 2 aliphatic carbocycles. The van der Waals surface area contributed by atoms with Crippen LogP contribution in [0.5, 0.6) is 0 Å². The van der Waals surface area contributed by atoms with E-state index in [-0.39, 0.29) is 11.8 Å². The zero-order valence-electron chi connectivity index (χ0n) is 22.1.